The SMILES string of the molecule is Cc1oc(C(=O)O)cc1S(=O)(=O)NCCn1cccc1. The van der Waals surface area contributed by atoms with Gasteiger partial charge in [0.05, 0.1) is 0 Å². The fraction of sp³-hybridized carbons (Fsp3) is 0.250. The molecule has 0 aliphatic carbocycles. The Morgan fingerprint density at radius 1 is 1.40 bits per heavy atom. The fourth-order valence-corrected chi connectivity index (χ4v) is 2.94. The lowest BCUT2D eigenvalue weighted by Gasteiger charge is -2.06. The minimum absolute atomic E-state index is 0.0517. The Labute approximate surface area is 115 Å². The standard InChI is InChI=1S/C12H14N2O5S/c1-9-11(8-10(19-9)12(15)16)20(17,18)13-4-7-14-5-2-3-6-14/h2-3,5-6,8,13H,4,7H2,1H3,(H,15,16). The number of nitrogens with zero attached hydrogens (tertiary/aromatic N) is 1. The average molecular weight is 298 g/mol. The number of rotatable bonds is 6. The van der Waals surface area contributed by atoms with Crippen LogP contribution in [0.3, 0.4) is 0 Å². The molecule has 0 bridgehead atoms. The highest BCUT2D eigenvalue weighted by atomic mass is 32.2. The highest BCUT2D eigenvalue weighted by molar-refractivity contribution is 7.89. The molecule has 0 fully saturated rings. The third-order valence-corrected chi connectivity index (χ3v) is 4.27. The van der Waals surface area contributed by atoms with Crippen molar-refractivity contribution in [3.05, 3.63) is 42.1 Å². The predicted octanol–water partition coefficient (Wildman–Crippen LogP) is 1.07. The zero-order valence-electron chi connectivity index (χ0n) is 10.7. The van der Waals surface area contributed by atoms with Crippen molar-refractivity contribution < 1.29 is 22.7 Å². The second-order valence-electron chi connectivity index (χ2n) is 4.15. The lowest BCUT2D eigenvalue weighted by molar-refractivity contribution is 0.0661. The van der Waals surface area contributed by atoms with Crippen molar-refractivity contribution in [3.63, 3.8) is 0 Å². The van der Waals surface area contributed by atoms with Gasteiger partial charge in [0.2, 0.25) is 15.8 Å². The fourth-order valence-electron chi connectivity index (χ4n) is 1.74. The van der Waals surface area contributed by atoms with E-state index in [1.807, 2.05) is 29.1 Å². The Kier molecular flexibility index (Phi) is 3.96. The number of carboxylic acid groups (broad SMARTS) is 1. The lowest BCUT2D eigenvalue weighted by atomic mass is 10.4. The Bertz CT molecular complexity index is 700. The second-order valence-corrected chi connectivity index (χ2v) is 5.89. The molecule has 2 aromatic heterocycles. The van der Waals surface area contributed by atoms with Gasteiger partial charge in [-0.2, -0.15) is 0 Å². The summed E-state index contributed by atoms with van der Waals surface area (Å²) in [7, 11) is -3.78. The molecular weight excluding hydrogens is 284 g/mol. The molecule has 0 atom stereocenters. The van der Waals surface area contributed by atoms with Crippen molar-refractivity contribution in [2.75, 3.05) is 6.54 Å². The number of sulfonamides is 1. The van der Waals surface area contributed by atoms with Gasteiger partial charge in [0.25, 0.3) is 0 Å². The topological polar surface area (TPSA) is 102 Å². The number of carbonyl (C=O) groups is 1. The van der Waals surface area contributed by atoms with Crippen LogP contribution in [0.15, 0.2) is 39.9 Å². The van der Waals surface area contributed by atoms with Gasteiger partial charge >= 0.3 is 5.97 Å². The normalized spacial score (nSPS) is 11.7. The van der Waals surface area contributed by atoms with Crippen LogP contribution in [-0.2, 0) is 16.6 Å². The Morgan fingerprint density at radius 2 is 2.05 bits per heavy atom. The molecule has 0 aliphatic rings. The van der Waals surface area contributed by atoms with E-state index < -0.39 is 21.8 Å². The van der Waals surface area contributed by atoms with Crippen molar-refractivity contribution in [2.45, 2.75) is 18.4 Å². The van der Waals surface area contributed by atoms with Crippen LogP contribution in [0.1, 0.15) is 16.3 Å². The zero-order valence-corrected chi connectivity index (χ0v) is 11.6. The molecule has 20 heavy (non-hydrogen) atoms. The van der Waals surface area contributed by atoms with Crippen molar-refractivity contribution in [3.8, 4) is 0 Å². The van der Waals surface area contributed by atoms with Gasteiger partial charge in [-0.1, -0.05) is 0 Å². The van der Waals surface area contributed by atoms with Crippen molar-refractivity contribution in [1.82, 2.24) is 9.29 Å². The Hall–Kier alpha value is -2.06. The number of hydrogen-bond donors (Lipinski definition) is 2. The predicted molar refractivity (Wildman–Crippen MR) is 70.0 cm³/mol. The summed E-state index contributed by atoms with van der Waals surface area (Å²) in [5.41, 5.74) is 0. The van der Waals surface area contributed by atoms with Crippen molar-refractivity contribution in [1.29, 1.82) is 0 Å². The Morgan fingerprint density at radius 3 is 2.60 bits per heavy atom. The first-order valence-corrected chi connectivity index (χ1v) is 7.32. The third-order valence-electron chi connectivity index (χ3n) is 2.70. The van der Waals surface area contributed by atoms with Crippen LogP contribution in [0.2, 0.25) is 0 Å². The molecule has 2 aromatic rings. The van der Waals surface area contributed by atoms with E-state index in [1.165, 1.54) is 6.92 Å². The highest BCUT2D eigenvalue weighted by Gasteiger charge is 2.23. The van der Waals surface area contributed by atoms with Gasteiger partial charge in [-0.3, -0.25) is 0 Å². The third kappa shape index (κ3) is 3.09. The van der Waals surface area contributed by atoms with Gasteiger partial charge in [-0.25, -0.2) is 17.9 Å². The quantitative estimate of drug-likeness (QED) is 0.830. The molecule has 0 aliphatic heterocycles. The highest BCUT2D eigenvalue weighted by Crippen LogP contribution is 2.19. The summed E-state index contributed by atoms with van der Waals surface area (Å²) in [5, 5.41) is 8.78. The van der Waals surface area contributed by atoms with E-state index in [1.54, 1.807) is 0 Å². The molecule has 2 N–H and O–H groups in total. The van der Waals surface area contributed by atoms with Crippen LogP contribution < -0.4 is 4.72 Å². The smallest absolute Gasteiger partial charge is 0.371 e. The molecule has 0 aromatic carbocycles. The van der Waals surface area contributed by atoms with Crippen LogP contribution in [0.25, 0.3) is 0 Å². The summed E-state index contributed by atoms with van der Waals surface area (Å²) in [6.07, 6.45) is 3.64. The number of aromatic nitrogens is 1. The molecule has 8 heteroatoms. The molecule has 2 rings (SSSR count). The van der Waals surface area contributed by atoms with Crippen LogP contribution >= 0.6 is 0 Å². The van der Waals surface area contributed by atoms with E-state index in [9.17, 15) is 13.2 Å². The van der Waals surface area contributed by atoms with Crippen molar-refractivity contribution in [2.24, 2.45) is 0 Å². The summed E-state index contributed by atoms with van der Waals surface area (Å²) in [5.74, 6) is -1.65. The number of carboxylic acids is 1. The van der Waals surface area contributed by atoms with E-state index >= 15 is 0 Å². The second kappa shape index (κ2) is 5.51. The zero-order chi connectivity index (χ0) is 14.8. The van der Waals surface area contributed by atoms with Gasteiger partial charge in [0.1, 0.15) is 10.7 Å². The number of aromatic carboxylic acids is 1. The molecule has 0 unspecified atom stereocenters. The van der Waals surface area contributed by atoms with E-state index in [0.717, 1.165) is 6.07 Å². The largest absolute Gasteiger partial charge is 0.475 e. The van der Waals surface area contributed by atoms with E-state index in [4.69, 9.17) is 9.52 Å². The maximum absolute atomic E-state index is 12.0. The van der Waals surface area contributed by atoms with Gasteiger partial charge in [-0.15, -0.1) is 0 Å². The molecule has 0 saturated heterocycles. The van der Waals surface area contributed by atoms with Gasteiger partial charge < -0.3 is 14.1 Å². The molecule has 7 nitrogen and oxygen atoms in total. The maximum Gasteiger partial charge on any atom is 0.371 e. The number of nitrogens with one attached hydrogen (secondary N) is 1. The summed E-state index contributed by atoms with van der Waals surface area (Å²) < 4.78 is 33.2. The first-order chi connectivity index (χ1) is 9.40. The number of hydrogen-bond acceptors (Lipinski definition) is 4. The Balaban J connectivity index is 2.08. The molecule has 108 valence electrons. The molecule has 0 spiro atoms. The minimum Gasteiger partial charge on any atom is -0.475 e. The van der Waals surface area contributed by atoms with Crippen LogP contribution in [-0.4, -0.2) is 30.6 Å². The van der Waals surface area contributed by atoms with Crippen LogP contribution in [0, 0.1) is 6.92 Å². The minimum atomic E-state index is -3.78. The molecule has 0 saturated carbocycles. The lowest BCUT2D eigenvalue weighted by Crippen LogP contribution is -2.27. The summed E-state index contributed by atoms with van der Waals surface area (Å²) in [6, 6.07) is 4.69. The maximum atomic E-state index is 12.0. The van der Waals surface area contributed by atoms with Gasteiger partial charge in [-0.05, 0) is 19.1 Å². The summed E-state index contributed by atoms with van der Waals surface area (Å²) >= 11 is 0. The van der Waals surface area contributed by atoms with Gasteiger partial charge in [0, 0.05) is 31.5 Å². The molecule has 2 heterocycles. The van der Waals surface area contributed by atoms with E-state index in [0.29, 0.717) is 6.54 Å². The van der Waals surface area contributed by atoms with E-state index in [2.05, 4.69) is 4.72 Å². The number of furan rings is 1. The summed E-state index contributed by atoms with van der Waals surface area (Å²) in [4.78, 5) is 10.6. The van der Waals surface area contributed by atoms with Crippen LogP contribution in [0.4, 0.5) is 0 Å². The molecule has 0 amide bonds. The van der Waals surface area contributed by atoms with Crippen molar-refractivity contribution >= 4 is 16.0 Å². The van der Waals surface area contributed by atoms with E-state index in [-0.39, 0.29) is 17.2 Å². The summed E-state index contributed by atoms with van der Waals surface area (Å²) in [6.45, 7) is 2.09. The first kappa shape index (κ1) is 14.4. The first-order valence-electron chi connectivity index (χ1n) is 5.84. The molecular formula is C12H14N2O5S. The van der Waals surface area contributed by atoms with Crippen LogP contribution in [0.5, 0.6) is 0 Å². The number of aryl methyl sites for hydroxylation is 1. The molecule has 0 radical (unpaired) electrons. The average Bonchev–Trinajstić information content (AvgIpc) is 2.98. The monoisotopic (exact) mass is 298 g/mol. The van der Waals surface area contributed by atoms with Gasteiger partial charge in [0.15, 0.2) is 0 Å².